The summed E-state index contributed by atoms with van der Waals surface area (Å²) in [6.07, 6.45) is 5.45. The first-order valence-electron chi connectivity index (χ1n) is 6.71. The molecule has 0 unspecified atom stereocenters. The van der Waals surface area contributed by atoms with E-state index in [1.807, 2.05) is 13.8 Å². The Morgan fingerprint density at radius 2 is 1.53 bits per heavy atom. The SMILES string of the molecule is CC(C)(C)CC(C)(C)OOC1(O)CCCCC1. The molecule has 0 saturated heterocycles. The molecule has 1 rings (SSSR count). The molecule has 0 spiro atoms. The Morgan fingerprint density at radius 3 is 2.00 bits per heavy atom. The third kappa shape index (κ3) is 5.84. The fourth-order valence-electron chi connectivity index (χ4n) is 2.68. The third-order valence-electron chi connectivity index (χ3n) is 3.01. The van der Waals surface area contributed by atoms with Gasteiger partial charge in [-0.2, -0.15) is 0 Å². The highest BCUT2D eigenvalue weighted by molar-refractivity contribution is 4.77. The minimum Gasteiger partial charge on any atom is -0.363 e. The number of hydrogen-bond acceptors (Lipinski definition) is 3. The number of rotatable bonds is 4. The molecule has 1 saturated carbocycles. The summed E-state index contributed by atoms with van der Waals surface area (Å²) in [4.78, 5) is 10.8. The molecule has 3 nitrogen and oxygen atoms in total. The van der Waals surface area contributed by atoms with Gasteiger partial charge < -0.3 is 5.11 Å². The van der Waals surface area contributed by atoms with Crippen LogP contribution in [0.15, 0.2) is 0 Å². The van der Waals surface area contributed by atoms with Crippen LogP contribution >= 0.6 is 0 Å². The van der Waals surface area contributed by atoms with E-state index < -0.39 is 5.79 Å². The zero-order chi connectivity index (χ0) is 13.2. The summed E-state index contributed by atoms with van der Waals surface area (Å²) in [6.45, 7) is 10.5. The molecule has 0 atom stereocenters. The van der Waals surface area contributed by atoms with Crippen molar-refractivity contribution in [2.45, 2.75) is 84.5 Å². The fraction of sp³-hybridized carbons (Fsp3) is 1.00. The lowest BCUT2D eigenvalue weighted by molar-refractivity contribution is -0.461. The fourth-order valence-corrected chi connectivity index (χ4v) is 2.68. The van der Waals surface area contributed by atoms with Crippen LogP contribution in [0.4, 0.5) is 0 Å². The van der Waals surface area contributed by atoms with Crippen LogP contribution in [0.3, 0.4) is 0 Å². The monoisotopic (exact) mass is 244 g/mol. The van der Waals surface area contributed by atoms with Crippen LogP contribution in [-0.2, 0) is 9.78 Å². The van der Waals surface area contributed by atoms with Gasteiger partial charge >= 0.3 is 0 Å². The van der Waals surface area contributed by atoms with Crippen LogP contribution < -0.4 is 0 Å². The van der Waals surface area contributed by atoms with Gasteiger partial charge in [-0.15, -0.1) is 0 Å². The van der Waals surface area contributed by atoms with Gasteiger partial charge in [-0.25, -0.2) is 9.78 Å². The van der Waals surface area contributed by atoms with E-state index in [0.29, 0.717) is 12.8 Å². The lowest BCUT2D eigenvalue weighted by Crippen LogP contribution is -2.39. The van der Waals surface area contributed by atoms with Gasteiger partial charge in [0.2, 0.25) is 0 Å². The average Bonchev–Trinajstić information content (AvgIpc) is 2.13. The Labute approximate surface area is 105 Å². The molecule has 0 amide bonds. The molecule has 102 valence electrons. The predicted molar refractivity (Wildman–Crippen MR) is 68.4 cm³/mol. The first kappa shape index (κ1) is 14.9. The largest absolute Gasteiger partial charge is 0.363 e. The van der Waals surface area contributed by atoms with Gasteiger partial charge in [0.15, 0.2) is 5.79 Å². The molecule has 0 aromatic heterocycles. The van der Waals surface area contributed by atoms with Crippen LogP contribution in [0.2, 0.25) is 0 Å². The summed E-state index contributed by atoms with van der Waals surface area (Å²) >= 11 is 0. The molecule has 0 aliphatic heterocycles. The van der Waals surface area contributed by atoms with Crippen LogP contribution in [0, 0.1) is 5.41 Å². The van der Waals surface area contributed by atoms with E-state index in [4.69, 9.17) is 9.78 Å². The zero-order valence-electron chi connectivity index (χ0n) is 12.0. The molecule has 0 aromatic rings. The highest BCUT2D eigenvalue weighted by Crippen LogP contribution is 2.34. The molecular formula is C14H28O3. The third-order valence-corrected chi connectivity index (χ3v) is 3.01. The summed E-state index contributed by atoms with van der Waals surface area (Å²) < 4.78 is 0. The van der Waals surface area contributed by atoms with Crippen LogP contribution in [-0.4, -0.2) is 16.5 Å². The molecule has 0 heterocycles. The molecule has 0 radical (unpaired) electrons. The van der Waals surface area contributed by atoms with Gasteiger partial charge in [0.05, 0.1) is 5.60 Å². The average molecular weight is 244 g/mol. The van der Waals surface area contributed by atoms with Crippen molar-refractivity contribution in [3.8, 4) is 0 Å². The van der Waals surface area contributed by atoms with Crippen molar-refractivity contribution in [1.82, 2.24) is 0 Å². The Kier molecular flexibility index (Phi) is 4.61. The topological polar surface area (TPSA) is 38.7 Å². The van der Waals surface area contributed by atoms with Crippen molar-refractivity contribution >= 4 is 0 Å². The zero-order valence-corrected chi connectivity index (χ0v) is 12.0. The van der Waals surface area contributed by atoms with Gasteiger partial charge in [-0.05, 0) is 38.5 Å². The predicted octanol–water partition coefficient (Wildman–Crippen LogP) is 3.80. The van der Waals surface area contributed by atoms with E-state index in [-0.39, 0.29) is 11.0 Å². The van der Waals surface area contributed by atoms with E-state index in [1.165, 1.54) is 6.42 Å². The number of hydrogen-bond donors (Lipinski definition) is 1. The normalized spacial score (nSPS) is 21.5. The van der Waals surface area contributed by atoms with E-state index >= 15 is 0 Å². The molecule has 1 fully saturated rings. The minimum absolute atomic E-state index is 0.183. The maximum absolute atomic E-state index is 10.2. The molecule has 1 aliphatic carbocycles. The molecule has 3 heteroatoms. The van der Waals surface area contributed by atoms with Crippen LogP contribution in [0.1, 0.15) is 73.1 Å². The van der Waals surface area contributed by atoms with Crippen molar-refractivity contribution in [3.63, 3.8) is 0 Å². The van der Waals surface area contributed by atoms with Crippen LogP contribution in [0.25, 0.3) is 0 Å². The van der Waals surface area contributed by atoms with E-state index in [1.54, 1.807) is 0 Å². The Hall–Kier alpha value is -0.120. The maximum Gasteiger partial charge on any atom is 0.199 e. The Bertz CT molecular complexity index is 234. The summed E-state index contributed by atoms with van der Waals surface area (Å²) in [5, 5.41) is 10.2. The van der Waals surface area contributed by atoms with Gasteiger partial charge in [0.1, 0.15) is 0 Å². The van der Waals surface area contributed by atoms with E-state index in [2.05, 4.69) is 20.8 Å². The second-order valence-corrected chi connectivity index (χ2v) is 7.17. The first-order chi connectivity index (χ1) is 7.62. The van der Waals surface area contributed by atoms with Gasteiger partial charge in [-0.1, -0.05) is 27.2 Å². The summed E-state index contributed by atoms with van der Waals surface area (Å²) in [6, 6.07) is 0. The van der Waals surface area contributed by atoms with E-state index in [9.17, 15) is 5.11 Å². The van der Waals surface area contributed by atoms with Crippen LogP contribution in [0.5, 0.6) is 0 Å². The van der Waals surface area contributed by atoms with Crippen molar-refractivity contribution in [2.75, 3.05) is 0 Å². The van der Waals surface area contributed by atoms with Gasteiger partial charge in [-0.3, -0.25) is 0 Å². The molecule has 0 bridgehead atoms. The Balaban J connectivity index is 2.42. The standard InChI is InChI=1S/C14H28O3/c1-12(2,3)11-13(4,5)16-17-14(15)9-7-6-8-10-14/h15H,6-11H2,1-5H3. The summed E-state index contributed by atoms with van der Waals surface area (Å²) in [5.74, 6) is -1.06. The van der Waals surface area contributed by atoms with Crippen molar-refractivity contribution in [2.24, 2.45) is 5.41 Å². The second-order valence-electron chi connectivity index (χ2n) is 7.17. The summed E-state index contributed by atoms with van der Waals surface area (Å²) in [7, 11) is 0. The van der Waals surface area contributed by atoms with Gasteiger partial charge in [0.25, 0.3) is 0 Å². The molecular weight excluding hydrogens is 216 g/mol. The second kappa shape index (κ2) is 5.25. The lowest BCUT2D eigenvalue weighted by Gasteiger charge is -2.36. The molecule has 1 N–H and O–H groups in total. The lowest BCUT2D eigenvalue weighted by atomic mass is 9.84. The van der Waals surface area contributed by atoms with Crippen molar-refractivity contribution in [1.29, 1.82) is 0 Å². The van der Waals surface area contributed by atoms with E-state index in [0.717, 1.165) is 19.3 Å². The number of aliphatic hydroxyl groups is 1. The van der Waals surface area contributed by atoms with Crippen molar-refractivity contribution in [3.05, 3.63) is 0 Å². The summed E-state index contributed by atoms with van der Waals surface area (Å²) in [5.41, 5.74) is -0.187. The molecule has 0 aromatic carbocycles. The molecule has 1 aliphatic rings. The first-order valence-corrected chi connectivity index (χ1v) is 6.71. The highest BCUT2D eigenvalue weighted by Gasteiger charge is 2.35. The minimum atomic E-state index is -1.06. The highest BCUT2D eigenvalue weighted by atomic mass is 17.2. The van der Waals surface area contributed by atoms with Gasteiger partial charge in [0, 0.05) is 12.8 Å². The smallest absolute Gasteiger partial charge is 0.199 e. The quantitative estimate of drug-likeness (QED) is 0.464. The Morgan fingerprint density at radius 1 is 1.00 bits per heavy atom. The maximum atomic E-state index is 10.2. The van der Waals surface area contributed by atoms with Crippen molar-refractivity contribution < 1.29 is 14.9 Å². The molecule has 17 heavy (non-hydrogen) atoms.